The summed E-state index contributed by atoms with van der Waals surface area (Å²) in [6.07, 6.45) is 2.99. The van der Waals surface area contributed by atoms with Gasteiger partial charge in [0.1, 0.15) is 0 Å². The minimum atomic E-state index is -0.180. The monoisotopic (exact) mass is 329 g/mol. The first-order valence-electron chi connectivity index (χ1n) is 8.51. The van der Waals surface area contributed by atoms with Gasteiger partial charge in [-0.3, -0.25) is 19.3 Å². The van der Waals surface area contributed by atoms with Gasteiger partial charge in [0.05, 0.1) is 5.69 Å². The molecule has 0 bridgehead atoms. The van der Waals surface area contributed by atoms with Gasteiger partial charge >= 0.3 is 0 Å². The maximum absolute atomic E-state index is 12.1. The molecule has 1 aromatic carbocycles. The summed E-state index contributed by atoms with van der Waals surface area (Å²) < 4.78 is 0. The quantitative estimate of drug-likeness (QED) is 0.810. The van der Waals surface area contributed by atoms with Crippen molar-refractivity contribution in [2.24, 2.45) is 5.92 Å². The molecule has 1 atom stereocenters. The van der Waals surface area contributed by atoms with Crippen LogP contribution in [0.1, 0.15) is 37.7 Å². The molecule has 2 heterocycles. The second kappa shape index (κ2) is 7.13. The lowest BCUT2D eigenvalue weighted by molar-refractivity contribution is -0.121. The Morgan fingerprint density at radius 3 is 2.71 bits per heavy atom. The van der Waals surface area contributed by atoms with Gasteiger partial charge in [0, 0.05) is 24.9 Å². The van der Waals surface area contributed by atoms with E-state index in [-0.39, 0.29) is 30.6 Å². The minimum Gasteiger partial charge on any atom is -0.326 e. The molecule has 0 aromatic heterocycles. The van der Waals surface area contributed by atoms with Gasteiger partial charge < -0.3 is 10.6 Å². The average molecular weight is 329 g/mol. The minimum absolute atomic E-state index is 0.0317. The number of hydrogen-bond acceptors (Lipinski definition) is 4. The molecule has 2 fully saturated rings. The Hall–Kier alpha value is -2.21. The molecule has 24 heavy (non-hydrogen) atoms. The van der Waals surface area contributed by atoms with Gasteiger partial charge in [0.25, 0.3) is 0 Å². The highest BCUT2D eigenvalue weighted by atomic mass is 16.2. The standard InChI is InChI=1S/C18H23N3O3/c1-12-2-4-14(10-15(12)21-17(23)6-7-18(21)24)20-16(22)5-3-13-8-9-19-11-13/h2,4,10,13,19H,3,5-9,11H2,1H3,(H,20,22). The van der Waals surface area contributed by atoms with Crippen molar-refractivity contribution in [2.45, 2.75) is 39.0 Å². The second-order valence-corrected chi connectivity index (χ2v) is 6.57. The lowest BCUT2D eigenvalue weighted by Crippen LogP contribution is -2.29. The molecule has 128 valence electrons. The third-order valence-electron chi connectivity index (χ3n) is 4.73. The predicted octanol–water partition coefficient (Wildman–Crippen LogP) is 1.98. The van der Waals surface area contributed by atoms with Crippen LogP contribution in [0.4, 0.5) is 11.4 Å². The highest BCUT2D eigenvalue weighted by Gasteiger charge is 2.31. The fourth-order valence-electron chi connectivity index (χ4n) is 3.29. The highest BCUT2D eigenvalue weighted by Crippen LogP contribution is 2.29. The van der Waals surface area contributed by atoms with E-state index in [9.17, 15) is 14.4 Å². The van der Waals surface area contributed by atoms with Crippen LogP contribution >= 0.6 is 0 Å². The summed E-state index contributed by atoms with van der Waals surface area (Å²) in [7, 11) is 0. The van der Waals surface area contributed by atoms with E-state index in [1.807, 2.05) is 13.0 Å². The molecule has 3 rings (SSSR count). The number of imide groups is 1. The van der Waals surface area contributed by atoms with Crippen LogP contribution < -0.4 is 15.5 Å². The Labute approximate surface area is 141 Å². The van der Waals surface area contributed by atoms with Gasteiger partial charge in [-0.25, -0.2) is 0 Å². The van der Waals surface area contributed by atoms with E-state index < -0.39 is 0 Å². The summed E-state index contributed by atoms with van der Waals surface area (Å²) in [5.74, 6) is 0.181. The summed E-state index contributed by atoms with van der Waals surface area (Å²) in [4.78, 5) is 37.2. The van der Waals surface area contributed by atoms with E-state index in [0.717, 1.165) is 31.5 Å². The fraction of sp³-hybridized carbons (Fsp3) is 0.500. The number of hydrogen-bond donors (Lipinski definition) is 2. The molecule has 0 aliphatic carbocycles. The summed E-state index contributed by atoms with van der Waals surface area (Å²) >= 11 is 0. The van der Waals surface area contributed by atoms with E-state index in [1.165, 1.54) is 4.90 Å². The molecule has 6 heteroatoms. The van der Waals surface area contributed by atoms with Gasteiger partial charge in [0.2, 0.25) is 17.7 Å². The van der Waals surface area contributed by atoms with Crippen LogP contribution in [0, 0.1) is 12.8 Å². The zero-order valence-electron chi connectivity index (χ0n) is 13.9. The van der Waals surface area contributed by atoms with Crippen molar-refractivity contribution in [1.29, 1.82) is 0 Å². The topological polar surface area (TPSA) is 78.5 Å². The molecule has 2 aliphatic heterocycles. The summed E-state index contributed by atoms with van der Waals surface area (Å²) in [5.41, 5.74) is 2.03. The molecular weight excluding hydrogens is 306 g/mol. The second-order valence-electron chi connectivity index (χ2n) is 6.57. The van der Waals surface area contributed by atoms with Crippen LogP contribution in [0.5, 0.6) is 0 Å². The Morgan fingerprint density at radius 1 is 1.29 bits per heavy atom. The van der Waals surface area contributed by atoms with E-state index >= 15 is 0 Å². The van der Waals surface area contributed by atoms with Crippen molar-refractivity contribution in [2.75, 3.05) is 23.3 Å². The van der Waals surface area contributed by atoms with E-state index in [1.54, 1.807) is 12.1 Å². The first-order valence-corrected chi connectivity index (χ1v) is 8.51. The lowest BCUT2D eigenvalue weighted by Gasteiger charge is -2.18. The number of benzene rings is 1. The smallest absolute Gasteiger partial charge is 0.234 e. The van der Waals surface area contributed by atoms with Gasteiger partial charge in [0.15, 0.2) is 0 Å². The van der Waals surface area contributed by atoms with Crippen molar-refractivity contribution in [3.8, 4) is 0 Å². The molecule has 0 radical (unpaired) electrons. The third kappa shape index (κ3) is 3.64. The van der Waals surface area contributed by atoms with Gasteiger partial charge in [-0.1, -0.05) is 6.07 Å². The summed E-state index contributed by atoms with van der Waals surface area (Å²) in [5, 5.41) is 6.18. The van der Waals surface area contributed by atoms with Crippen LogP contribution in [0.25, 0.3) is 0 Å². The van der Waals surface area contributed by atoms with Crippen molar-refractivity contribution in [3.05, 3.63) is 23.8 Å². The number of anilines is 2. The molecule has 3 amide bonds. The number of aryl methyl sites for hydroxylation is 1. The highest BCUT2D eigenvalue weighted by molar-refractivity contribution is 6.20. The first-order chi connectivity index (χ1) is 11.5. The Kier molecular flexibility index (Phi) is 4.94. The molecule has 0 spiro atoms. The Balaban J connectivity index is 1.65. The zero-order valence-corrected chi connectivity index (χ0v) is 13.9. The van der Waals surface area contributed by atoms with Crippen molar-refractivity contribution in [1.82, 2.24) is 5.32 Å². The predicted molar refractivity (Wildman–Crippen MR) is 91.7 cm³/mol. The molecule has 2 N–H and O–H groups in total. The fourth-order valence-corrected chi connectivity index (χ4v) is 3.29. The summed E-state index contributed by atoms with van der Waals surface area (Å²) in [6, 6.07) is 5.34. The molecule has 2 saturated heterocycles. The number of amides is 3. The molecule has 1 unspecified atom stereocenters. The Bertz CT molecular complexity index is 649. The zero-order chi connectivity index (χ0) is 17.1. The average Bonchev–Trinajstić information content (AvgIpc) is 3.18. The van der Waals surface area contributed by atoms with Crippen LogP contribution in [0.2, 0.25) is 0 Å². The van der Waals surface area contributed by atoms with Crippen LogP contribution in [-0.2, 0) is 14.4 Å². The molecule has 2 aliphatic rings. The largest absolute Gasteiger partial charge is 0.326 e. The van der Waals surface area contributed by atoms with Crippen molar-refractivity contribution in [3.63, 3.8) is 0 Å². The van der Waals surface area contributed by atoms with Crippen LogP contribution in [0.15, 0.2) is 18.2 Å². The number of carbonyl (C=O) groups excluding carboxylic acids is 3. The molecule has 6 nitrogen and oxygen atoms in total. The van der Waals surface area contributed by atoms with Crippen molar-refractivity contribution < 1.29 is 14.4 Å². The first kappa shape index (κ1) is 16.6. The molecule has 1 aromatic rings. The van der Waals surface area contributed by atoms with Crippen LogP contribution in [0.3, 0.4) is 0 Å². The number of rotatable bonds is 5. The van der Waals surface area contributed by atoms with Gasteiger partial charge in [-0.2, -0.15) is 0 Å². The lowest BCUT2D eigenvalue weighted by atomic mass is 10.0. The maximum Gasteiger partial charge on any atom is 0.234 e. The van der Waals surface area contributed by atoms with E-state index in [4.69, 9.17) is 0 Å². The SMILES string of the molecule is Cc1ccc(NC(=O)CCC2CCNC2)cc1N1C(=O)CCC1=O. The normalized spacial score (nSPS) is 20.7. The van der Waals surface area contributed by atoms with Gasteiger partial charge in [-0.05, 0) is 56.5 Å². The number of nitrogens with zero attached hydrogens (tertiary/aromatic N) is 1. The van der Waals surface area contributed by atoms with E-state index in [2.05, 4.69) is 10.6 Å². The maximum atomic E-state index is 12.1. The number of carbonyl (C=O) groups is 3. The molecule has 0 saturated carbocycles. The number of nitrogens with one attached hydrogen (secondary N) is 2. The van der Waals surface area contributed by atoms with E-state index in [0.29, 0.717) is 23.7 Å². The van der Waals surface area contributed by atoms with Crippen molar-refractivity contribution >= 4 is 29.1 Å². The molecular formula is C18H23N3O3. The summed E-state index contributed by atoms with van der Waals surface area (Å²) in [6.45, 7) is 3.87. The third-order valence-corrected chi connectivity index (χ3v) is 4.73. The van der Waals surface area contributed by atoms with Crippen LogP contribution in [-0.4, -0.2) is 30.8 Å². The van der Waals surface area contributed by atoms with Gasteiger partial charge in [-0.15, -0.1) is 0 Å². The Morgan fingerprint density at radius 2 is 2.04 bits per heavy atom.